The Morgan fingerprint density at radius 1 is 1.04 bits per heavy atom. The van der Waals surface area contributed by atoms with Gasteiger partial charge < -0.3 is 10.2 Å². The van der Waals surface area contributed by atoms with Crippen LogP contribution in [0.15, 0.2) is 18.2 Å². The van der Waals surface area contributed by atoms with Crippen LogP contribution >= 0.6 is 0 Å². The van der Waals surface area contributed by atoms with E-state index in [1.165, 1.54) is 43.2 Å². The van der Waals surface area contributed by atoms with E-state index in [9.17, 15) is 0 Å². The molecule has 1 aliphatic carbocycles. The Balaban J connectivity index is 2.32. The van der Waals surface area contributed by atoms with Gasteiger partial charge in [0, 0.05) is 5.69 Å². The lowest BCUT2D eigenvalue weighted by molar-refractivity contribution is 0.00549. The lowest BCUT2D eigenvalue weighted by Crippen LogP contribution is -2.43. The average molecular weight is 403 g/mol. The molecular formula is C25H44NOSi. The largest absolute Gasteiger partial charge is 0.414 e. The molecule has 1 radical (unpaired) electrons. The zero-order valence-electron chi connectivity index (χ0n) is 19.7. The second-order valence-electron chi connectivity index (χ2n) is 11.2. The minimum absolute atomic E-state index is 0.0849. The van der Waals surface area contributed by atoms with Crippen molar-refractivity contribution in [1.82, 2.24) is 0 Å². The van der Waals surface area contributed by atoms with Crippen LogP contribution in [0.3, 0.4) is 0 Å². The summed E-state index contributed by atoms with van der Waals surface area (Å²) < 4.78 is 6.73. The molecule has 28 heavy (non-hydrogen) atoms. The Morgan fingerprint density at radius 2 is 1.64 bits per heavy atom. The van der Waals surface area contributed by atoms with Gasteiger partial charge in [-0.2, -0.15) is 0 Å². The van der Waals surface area contributed by atoms with Crippen molar-refractivity contribution in [2.75, 3.05) is 5.73 Å². The van der Waals surface area contributed by atoms with E-state index in [0.717, 1.165) is 12.1 Å². The summed E-state index contributed by atoms with van der Waals surface area (Å²) in [5.41, 5.74) is 10.3. The number of anilines is 1. The fraction of sp³-hybridized carbons (Fsp3) is 0.760. The Hall–Kier alpha value is -0.803. The average Bonchev–Trinajstić information content (AvgIpc) is 2.56. The predicted molar refractivity (Wildman–Crippen MR) is 125 cm³/mol. The lowest BCUT2D eigenvalue weighted by Gasteiger charge is -2.43. The van der Waals surface area contributed by atoms with E-state index in [1.54, 1.807) is 0 Å². The summed E-state index contributed by atoms with van der Waals surface area (Å²) in [6.45, 7) is 18.4. The van der Waals surface area contributed by atoms with Crippen molar-refractivity contribution in [2.24, 2.45) is 17.3 Å². The highest BCUT2D eigenvalue weighted by atomic mass is 28.3. The smallest absolute Gasteiger partial charge is 0.205 e. The van der Waals surface area contributed by atoms with Crippen molar-refractivity contribution in [1.29, 1.82) is 0 Å². The molecule has 1 aliphatic rings. The monoisotopic (exact) mass is 402 g/mol. The zero-order chi connectivity index (χ0) is 21.1. The highest BCUT2D eigenvalue weighted by Crippen LogP contribution is 2.41. The van der Waals surface area contributed by atoms with Crippen LogP contribution in [0.1, 0.15) is 84.8 Å². The van der Waals surface area contributed by atoms with Crippen molar-refractivity contribution in [2.45, 2.75) is 105 Å². The van der Waals surface area contributed by atoms with Crippen molar-refractivity contribution in [3.8, 4) is 0 Å². The van der Waals surface area contributed by atoms with E-state index in [-0.39, 0.29) is 10.8 Å². The van der Waals surface area contributed by atoms with Gasteiger partial charge >= 0.3 is 0 Å². The van der Waals surface area contributed by atoms with Gasteiger partial charge in [0.05, 0.1) is 6.10 Å². The number of rotatable bonds is 6. The van der Waals surface area contributed by atoms with Gasteiger partial charge in [-0.15, -0.1) is 0 Å². The predicted octanol–water partition coefficient (Wildman–Crippen LogP) is 6.99. The molecule has 2 N–H and O–H groups in total. The Bertz CT molecular complexity index is 620. The minimum atomic E-state index is -0.736. The first kappa shape index (κ1) is 23.5. The van der Waals surface area contributed by atoms with Gasteiger partial charge in [0.25, 0.3) is 0 Å². The summed E-state index contributed by atoms with van der Waals surface area (Å²) in [5.74, 6) is 1.22. The Morgan fingerprint density at radius 3 is 2.11 bits per heavy atom. The van der Waals surface area contributed by atoms with Crippen molar-refractivity contribution in [3.05, 3.63) is 29.3 Å². The van der Waals surface area contributed by atoms with Crippen molar-refractivity contribution < 1.29 is 4.43 Å². The molecule has 0 heterocycles. The summed E-state index contributed by atoms with van der Waals surface area (Å²) in [4.78, 5) is 0. The van der Waals surface area contributed by atoms with Gasteiger partial charge in [-0.05, 0) is 72.2 Å². The standard InChI is InChI=1S/C25H44NOSi/c1-24(2,3)20-15-14-18(17-22(20)26)16-21(25(4,5)6)23(27-28(7)8)19-12-10-9-11-13-19/h14-15,17,19,21,23H,9-13,16,26H2,1-8H3. The first-order valence-corrected chi connectivity index (χ1v) is 13.7. The van der Waals surface area contributed by atoms with E-state index in [1.807, 2.05) is 0 Å². The topological polar surface area (TPSA) is 35.2 Å². The van der Waals surface area contributed by atoms with Crippen molar-refractivity contribution >= 4 is 14.7 Å². The normalized spacial score (nSPS) is 19.0. The van der Waals surface area contributed by atoms with Gasteiger partial charge in [0.2, 0.25) is 9.04 Å². The van der Waals surface area contributed by atoms with Crippen LogP contribution in [0.5, 0.6) is 0 Å². The van der Waals surface area contributed by atoms with Crippen LogP contribution in [-0.2, 0) is 16.3 Å². The van der Waals surface area contributed by atoms with Crippen LogP contribution in [0, 0.1) is 17.3 Å². The number of nitrogen functional groups attached to an aromatic ring is 1. The van der Waals surface area contributed by atoms with E-state index < -0.39 is 9.04 Å². The Kier molecular flexibility index (Phi) is 7.83. The first-order chi connectivity index (χ1) is 12.9. The molecule has 0 spiro atoms. The summed E-state index contributed by atoms with van der Waals surface area (Å²) in [7, 11) is -0.736. The number of hydrogen-bond donors (Lipinski definition) is 1. The molecule has 2 unspecified atom stereocenters. The number of benzene rings is 1. The number of nitrogens with two attached hydrogens (primary N) is 1. The van der Waals surface area contributed by atoms with Gasteiger partial charge in [0.1, 0.15) is 0 Å². The van der Waals surface area contributed by atoms with Crippen LogP contribution in [0.25, 0.3) is 0 Å². The molecular weight excluding hydrogens is 358 g/mol. The highest BCUT2D eigenvalue weighted by molar-refractivity contribution is 6.48. The molecule has 2 atom stereocenters. The molecule has 0 saturated heterocycles. The van der Waals surface area contributed by atoms with Gasteiger partial charge in [-0.25, -0.2) is 0 Å². The maximum atomic E-state index is 6.73. The quantitative estimate of drug-likeness (QED) is 0.411. The van der Waals surface area contributed by atoms with E-state index in [0.29, 0.717) is 17.9 Å². The molecule has 1 aromatic rings. The molecule has 3 heteroatoms. The zero-order valence-corrected chi connectivity index (χ0v) is 20.7. The molecule has 0 amide bonds. The highest BCUT2D eigenvalue weighted by Gasteiger charge is 2.38. The fourth-order valence-electron chi connectivity index (χ4n) is 4.83. The third kappa shape index (κ3) is 6.35. The SMILES string of the molecule is C[Si](C)OC(C1CCCCC1)C(Cc1ccc(C(C)(C)C)c(N)c1)C(C)(C)C. The summed E-state index contributed by atoms with van der Waals surface area (Å²) >= 11 is 0. The number of hydrogen-bond acceptors (Lipinski definition) is 2. The summed E-state index contributed by atoms with van der Waals surface area (Å²) in [6.07, 6.45) is 8.20. The second-order valence-corrected chi connectivity index (χ2v) is 13.3. The van der Waals surface area contributed by atoms with Gasteiger partial charge in [-0.3, -0.25) is 0 Å². The molecule has 0 bridgehead atoms. The van der Waals surface area contributed by atoms with Crippen molar-refractivity contribution in [3.63, 3.8) is 0 Å². The maximum Gasteiger partial charge on any atom is 0.205 e. The van der Waals surface area contributed by atoms with Crippen LogP contribution in [0.4, 0.5) is 5.69 Å². The summed E-state index contributed by atoms with van der Waals surface area (Å²) in [5, 5.41) is 0. The van der Waals surface area contributed by atoms with E-state index in [4.69, 9.17) is 10.2 Å². The molecule has 0 aliphatic heterocycles. The van der Waals surface area contributed by atoms with E-state index in [2.05, 4.69) is 72.8 Å². The molecule has 0 aromatic heterocycles. The van der Waals surface area contributed by atoms with Gasteiger partial charge in [0.15, 0.2) is 0 Å². The molecule has 1 aromatic carbocycles. The lowest BCUT2D eigenvalue weighted by atomic mass is 9.68. The molecule has 1 fully saturated rings. The van der Waals surface area contributed by atoms with Gasteiger partial charge in [-0.1, -0.05) is 72.9 Å². The van der Waals surface area contributed by atoms with E-state index >= 15 is 0 Å². The fourth-order valence-corrected chi connectivity index (χ4v) is 5.73. The third-order valence-corrected chi connectivity index (χ3v) is 7.12. The van der Waals surface area contributed by atoms with Crippen LogP contribution < -0.4 is 5.73 Å². The minimum Gasteiger partial charge on any atom is -0.414 e. The Labute approximate surface area is 176 Å². The maximum absolute atomic E-state index is 6.73. The van der Waals surface area contributed by atoms with Crippen LogP contribution in [0.2, 0.25) is 13.1 Å². The van der Waals surface area contributed by atoms with Crippen LogP contribution in [-0.4, -0.2) is 15.1 Å². The molecule has 1 saturated carbocycles. The third-order valence-electron chi connectivity index (χ3n) is 6.37. The first-order valence-electron chi connectivity index (χ1n) is 11.3. The second kappa shape index (κ2) is 9.34. The molecule has 159 valence electrons. The molecule has 2 rings (SSSR count). The molecule has 2 nitrogen and oxygen atoms in total. The summed E-state index contributed by atoms with van der Waals surface area (Å²) in [6, 6.07) is 6.77.